The molecule has 1 fully saturated rings. The normalized spacial score (nSPS) is 20.5. The molecule has 1 atom stereocenters. The number of likely N-dealkylation sites (N-methyl/N-ethyl adjacent to an activating group) is 1. The maximum Gasteiger partial charge on any atom is 0.0928 e. The van der Waals surface area contributed by atoms with Gasteiger partial charge in [0.25, 0.3) is 0 Å². The van der Waals surface area contributed by atoms with Crippen molar-refractivity contribution in [3.63, 3.8) is 0 Å². The number of nitrogens with one attached hydrogen (secondary N) is 1. The highest BCUT2D eigenvalue weighted by Gasteiger charge is 2.15. The van der Waals surface area contributed by atoms with Gasteiger partial charge in [-0.15, -0.1) is 11.3 Å². The van der Waals surface area contributed by atoms with E-state index in [-0.39, 0.29) is 0 Å². The Morgan fingerprint density at radius 3 is 3.11 bits per heavy atom. The van der Waals surface area contributed by atoms with Crippen LogP contribution in [-0.2, 0) is 13.0 Å². The van der Waals surface area contributed by atoms with E-state index >= 15 is 0 Å². The molecule has 1 aromatic rings. The molecule has 4 heteroatoms. The molecular formula is C14H25N3S. The van der Waals surface area contributed by atoms with Crippen LogP contribution < -0.4 is 5.32 Å². The molecule has 2 heterocycles. The number of thiazole rings is 1. The summed E-state index contributed by atoms with van der Waals surface area (Å²) in [6, 6.07) is 0.678. The Morgan fingerprint density at radius 1 is 1.50 bits per heavy atom. The zero-order chi connectivity index (χ0) is 12.8. The molecule has 0 aromatic carbocycles. The number of rotatable bonds is 6. The molecule has 0 bridgehead atoms. The topological polar surface area (TPSA) is 28.2 Å². The Hall–Kier alpha value is -0.450. The maximum absolute atomic E-state index is 4.69. The Morgan fingerprint density at radius 2 is 2.39 bits per heavy atom. The minimum absolute atomic E-state index is 0.678. The molecule has 1 aromatic heterocycles. The summed E-state index contributed by atoms with van der Waals surface area (Å²) in [6.45, 7) is 5.52. The van der Waals surface area contributed by atoms with Gasteiger partial charge in [-0.3, -0.25) is 4.90 Å². The molecule has 0 spiro atoms. The quantitative estimate of drug-likeness (QED) is 0.859. The van der Waals surface area contributed by atoms with Gasteiger partial charge >= 0.3 is 0 Å². The highest BCUT2D eigenvalue weighted by molar-refractivity contribution is 7.09. The fourth-order valence-corrected chi connectivity index (χ4v) is 3.44. The summed E-state index contributed by atoms with van der Waals surface area (Å²) < 4.78 is 0. The predicted octanol–water partition coefficient (Wildman–Crippen LogP) is 2.67. The van der Waals surface area contributed by atoms with Crippen molar-refractivity contribution >= 4 is 11.3 Å². The first-order chi connectivity index (χ1) is 8.78. The second kappa shape index (κ2) is 7.22. The monoisotopic (exact) mass is 267 g/mol. The molecule has 1 N–H and O–H groups in total. The van der Waals surface area contributed by atoms with Gasteiger partial charge in [-0.05, 0) is 39.3 Å². The summed E-state index contributed by atoms with van der Waals surface area (Å²) in [6.07, 6.45) is 6.35. The van der Waals surface area contributed by atoms with Crippen molar-refractivity contribution in [2.75, 3.05) is 20.1 Å². The van der Waals surface area contributed by atoms with Crippen LogP contribution in [0.4, 0.5) is 0 Å². The van der Waals surface area contributed by atoms with Crippen LogP contribution in [-0.4, -0.2) is 36.1 Å². The molecule has 1 aliphatic heterocycles. The lowest BCUT2D eigenvalue weighted by Gasteiger charge is -2.27. The van der Waals surface area contributed by atoms with Gasteiger partial charge in [0.2, 0.25) is 0 Å². The number of hydrogen-bond acceptors (Lipinski definition) is 4. The van der Waals surface area contributed by atoms with Crippen molar-refractivity contribution in [2.24, 2.45) is 0 Å². The Labute approximate surface area is 115 Å². The zero-order valence-corrected chi connectivity index (χ0v) is 12.4. The van der Waals surface area contributed by atoms with Gasteiger partial charge in [-0.1, -0.05) is 13.3 Å². The van der Waals surface area contributed by atoms with E-state index in [2.05, 4.69) is 34.6 Å². The molecule has 1 saturated heterocycles. The largest absolute Gasteiger partial charge is 0.313 e. The fraction of sp³-hybridized carbons (Fsp3) is 0.786. The highest BCUT2D eigenvalue weighted by Crippen LogP contribution is 2.14. The fourth-order valence-electron chi connectivity index (χ4n) is 2.55. The summed E-state index contributed by atoms with van der Waals surface area (Å²) in [5, 5.41) is 7.11. The zero-order valence-electron chi connectivity index (χ0n) is 11.6. The van der Waals surface area contributed by atoms with E-state index in [4.69, 9.17) is 0 Å². The minimum Gasteiger partial charge on any atom is -0.313 e. The van der Waals surface area contributed by atoms with Crippen LogP contribution in [0.2, 0.25) is 0 Å². The van der Waals surface area contributed by atoms with Crippen LogP contribution in [0.5, 0.6) is 0 Å². The molecule has 1 unspecified atom stereocenters. The Kier molecular flexibility index (Phi) is 5.60. The van der Waals surface area contributed by atoms with Crippen LogP contribution in [0.25, 0.3) is 0 Å². The SMILES string of the molecule is CCCc1nc(CN(C)CC2CCCCN2)cs1. The van der Waals surface area contributed by atoms with Gasteiger partial charge in [0.05, 0.1) is 10.7 Å². The van der Waals surface area contributed by atoms with Crippen LogP contribution in [0.1, 0.15) is 43.3 Å². The number of hydrogen-bond donors (Lipinski definition) is 1. The lowest BCUT2D eigenvalue weighted by Crippen LogP contribution is -2.42. The van der Waals surface area contributed by atoms with Crippen LogP contribution in [0, 0.1) is 0 Å². The second-order valence-corrected chi connectivity index (χ2v) is 6.27. The first-order valence-electron chi connectivity index (χ1n) is 7.13. The molecule has 0 amide bonds. The predicted molar refractivity (Wildman–Crippen MR) is 78.1 cm³/mol. The van der Waals surface area contributed by atoms with Crippen LogP contribution in [0.15, 0.2) is 5.38 Å². The molecule has 3 nitrogen and oxygen atoms in total. The third kappa shape index (κ3) is 4.34. The van der Waals surface area contributed by atoms with Gasteiger partial charge in [-0.25, -0.2) is 4.98 Å². The Bertz CT molecular complexity index is 345. The van der Waals surface area contributed by atoms with Crippen LogP contribution >= 0.6 is 11.3 Å². The van der Waals surface area contributed by atoms with Crippen LogP contribution in [0.3, 0.4) is 0 Å². The van der Waals surface area contributed by atoms with Gasteiger partial charge in [0.15, 0.2) is 0 Å². The Balaban J connectivity index is 1.76. The number of piperidine rings is 1. The third-order valence-electron chi connectivity index (χ3n) is 3.44. The number of nitrogens with zero attached hydrogens (tertiary/aromatic N) is 2. The average Bonchev–Trinajstić information content (AvgIpc) is 2.78. The first kappa shape index (κ1) is 14.0. The van der Waals surface area contributed by atoms with E-state index in [0.717, 1.165) is 19.5 Å². The molecular weight excluding hydrogens is 242 g/mol. The maximum atomic E-state index is 4.69. The van der Waals surface area contributed by atoms with Gasteiger partial charge in [-0.2, -0.15) is 0 Å². The lowest BCUT2D eigenvalue weighted by molar-refractivity contribution is 0.254. The molecule has 18 heavy (non-hydrogen) atoms. The van der Waals surface area contributed by atoms with Gasteiger partial charge < -0.3 is 5.32 Å². The van der Waals surface area contributed by atoms with E-state index in [1.54, 1.807) is 0 Å². The van der Waals surface area contributed by atoms with Crippen molar-refractivity contribution in [2.45, 2.75) is 51.6 Å². The third-order valence-corrected chi connectivity index (χ3v) is 4.40. The van der Waals surface area contributed by atoms with Crippen molar-refractivity contribution in [3.8, 4) is 0 Å². The van der Waals surface area contributed by atoms with E-state index in [0.29, 0.717) is 6.04 Å². The molecule has 0 saturated carbocycles. The van der Waals surface area contributed by atoms with E-state index in [1.807, 2.05) is 11.3 Å². The van der Waals surface area contributed by atoms with Gasteiger partial charge in [0.1, 0.15) is 0 Å². The summed E-state index contributed by atoms with van der Waals surface area (Å²) in [4.78, 5) is 7.09. The minimum atomic E-state index is 0.678. The first-order valence-corrected chi connectivity index (χ1v) is 8.01. The second-order valence-electron chi connectivity index (χ2n) is 5.33. The van der Waals surface area contributed by atoms with E-state index < -0.39 is 0 Å². The van der Waals surface area contributed by atoms with Crippen molar-refractivity contribution in [1.29, 1.82) is 0 Å². The van der Waals surface area contributed by atoms with Gasteiger partial charge in [0, 0.05) is 24.5 Å². The molecule has 1 aliphatic rings. The highest BCUT2D eigenvalue weighted by atomic mass is 32.1. The van der Waals surface area contributed by atoms with Crippen molar-refractivity contribution < 1.29 is 0 Å². The molecule has 0 aliphatic carbocycles. The van der Waals surface area contributed by atoms with E-state index in [9.17, 15) is 0 Å². The number of aryl methyl sites for hydroxylation is 1. The van der Waals surface area contributed by atoms with Crippen molar-refractivity contribution in [3.05, 3.63) is 16.1 Å². The van der Waals surface area contributed by atoms with E-state index in [1.165, 1.54) is 42.9 Å². The summed E-state index contributed by atoms with van der Waals surface area (Å²) in [5.41, 5.74) is 1.24. The standard InChI is InChI=1S/C14H25N3S/c1-3-6-14-16-13(11-18-14)10-17(2)9-12-7-4-5-8-15-12/h11-12,15H,3-10H2,1-2H3. The summed E-state index contributed by atoms with van der Waals surface area (Å²) in [5.74, 6) is 0. The summed E-state index contributed by atoms with van der Waals surface area (Å²) in [7, 11) is 2.20. The summed E-state index contributed by atoms with van der Waals surface area (Å²) >= 11 is 1.81. The molecule has 2 rings (SSSR count). The molecule has 102 valence electrons. The molecule has 0 radical (unpaired) electrons. The number of aromatic nitrogens is 1. The average molecular weight is 267 g/mol. The lowest BCUT2D eigenvalue weighted by atomic mass is 10.0. The van der Waals surface area contributed by atoms with Crippen molar-refractivity contribution in [1.82, 2.24) is 15.2 Å². The smallest absolute Gasteiger partial charge is 0.0928 e.